The monoisotopic (exact) mass is 385 g/mol. The largest absolute Gasteiger partial charge is 0.489 e. The number of fused-ring (bicyclic) bond motifs is 1. The molecular weight excluding hydrogens is 366 g/mol. The second-order valence-corrected chi connectivity index (χ2v) is 9.14. The highest BCUT2D eigenvalue weighted by atomic mass is 32.2. The number of ether oxygens (including phenoxy) is 1. The predicted octanol–water partition coefficient (Wildman–Crippen LogP) is 4.07. The molecule has 0 spiro atoms. The average Bonchev–Trinajstić information content (AvgIpc) is 3.15. The maximum Gasteiger partial charge on any atom is 0.243 e. The molecule has 2 heterocycles. The molecule has 4 rings (SSSR count). The minimum absolute atomic E-state index is 0.309. The summed E-state index contributed by atoms with van der Waals surface area (Å²) in [6.45, 7) is 1.44. The summed E-state index contributed by atoms with van der Waals surface area (Å²) < 4.78 is 33.1. The summed E-state index contributed by atoms with van der Waals surface area (Å²) in [5.74, 6) is 0.659. The van der Waals surface area contributed by atoms with Crippen LogP contribution in [0.5, 0.6) is 5.75 Å². The van der Waals surface area contributed by atoms with Gasteiger partial charge in [0, 0.05) is 18.0 Å². The number of hydrogen-bond acceptors (Lipinski definition) is 4. The van der Waals surface area contributed by atoms with Gasteiger partial charge in [0.05, 0.1) is 4.90 Å². The Balaban J connectivity index is 1.46. The quantitative estimate of drug-likeness (QED) is 0.665. The highest BCUT2D eigenvalue weighted by molar-refractivity contribution is 7.89. The van der Waals surface area contributed by atoms with Gasteiger partial charge in [-0.2, -0.15) is 4.31 Å². The number of thiophene rings is 1. The van der Waals surface area contributed by atoms with Gasteiger partial charge < -0.3 is 4.74 Å². The van der Waals surface area contributed by atoms with Crippen LogP contribution in [0, 0.1) is 0 Å². The van der Waals surface area contributed by atoms with Crippen molar-refractivity contribution in [3.05, 3.63) is 82.0 Å². The van der Waals surface area contributed by atoms with Crippen molar-refractivity contribution in [2.75, 3.05) is 6.54 Å². The molecule has 0 radical (unpaired) electrons. The molecule has 26 heavy (non-hydrogen) atoms. The van der Waals surface area contributed by atoms with Gasteiger partial charge in [0.25, 0.3) is 0 Å². The van der Waals surface area contributed by atoms with Gasteiger partial charge in [-0.05, 0) is 53.3 Å². The first-order chi connectivity index (χ1) is 12.6. The van der Waals surface area contributed by atoms with E-state index in [1.807, 2.05) is 41.8 Å². The predicted molar refractivity (Wildman–Crippen MR) is 103 cm³/mol. The van der Waals surface area contributed by atoms with Gasteiger partial charge in [-0.25, -0.2) is 8.42 Å². The minimum atomic E-state index is -3.48. The Morgan fingerprint density at radius 3 is 2.54 bits per heavy atom. The molecule has 3 aromatic rings. The topological polar surface area (TPSA) is 46.6 Å². The van der Waals surface area contributed by atoms with Crippen molar-refractivity contribution in [3.63, 3.8) is 0 Å². The van der Waals surface area contributed by atoms with Crippen LogP contribution in [0.15, 0.2) is 70.9 Å². The zero-order chi connectivity index (χ0) is 18.0. The Bertz CT molecular complexity index is 979. The van der Waals surface area contributed by atoms with Crippen molar-refractivity contribution in [1.82, 2.24) is 4.31 Å². The molecule has 4 nitrogen and oxygen atoms in total. The maximum absolute atomic E-state index is 12.9. The van der Waals surface area contributed by atoms with E-state index in [0.717, 1.165) is 17.5 Å². The number of benzene rings is 2. The van der Waals surface area contributed by atoms with Crippen molar-refractivity contribution in [1.29, 1.82) is 0 Å². The van der Waals surface area contributed by atoms with Gasteiger partial charge in [-0.1, -0.05) is 30.3 Å². The Morgan fingerprint density at radius 1 is 1.00 bits per heavy atom. The Morgan fingerprint density at radius 2 is 1.77 bits per heavy atom. The summed E-state index contributed by atoms with van der Waals surface area (Å²) in [5, 5.41) is 2.03. The Hall–Kier alpha value is -2.15. The SMILES string of the molecule is O=S(=O)(c1ccc(OCc2ccccc2)cc1)N1CCc2sccc2C1. The van der Waals surface area contributed by atoms with Crippen LogP contribution in [0.4, 0.5) is 0 Å². The summed E-state index contributed by atoms with van der Waals surface area (Å²) in [7, 11) is -3.48. The van der Waals surface area contributed by atoms with Crippen molar-refractivity contribution >= 4 is 21.4 Å². The van der Waals surface area contributed by atoms with E-state index in [2.05, 4.69) is 0 Å². The normalized spacial score (nSPS) is 14.8. The third-order valence-electron chi connectivity index (χ3n) is 4.48. The van der Waals surface area contributed by atoms with Gasteiger partial charge in [-0.3, -0.25) is 0 Å². The molecule has 2 aromatic carbocycles. The Kier molecular flexibility index (Phi) is 4.80. The highest BCUT2D eigenvalue weighted by Gasteiger charge is 2.28. The minimum Gasteiger partial charge on any atom is -0.489 e. The lowest BCUT2D eigenvalue weighted by Gasteiger charge is -2.26. The summed E-state index contributed by atoms with van der Waals surface area (Å²) in [5.41, 5.74) is 2.19. The molecule has 0 unspecified atom stereocenters. The van der Waals surface area contributed by atoms with E-state index in [9.17, 15) is 8.42 Å². The number of hydrogen-bond donors (Lipinski definition) is 0. The number of nitrogens with zero attached hydrogens (tertiary/aromatic N) is 1. The van der Waals surface area contributed by atoms with Crippen LogP contribution < -0.4 is 4.74 Å². The second kappa shape index (κ2) is 7.23. The van der Waals surface area contributed by atoms with Crippen LogP contribution in [0.25, 0.3) is 0 Å². The lowest BCUT2D eigenvalue weighted by molar-refractivity contribution is 0.306. The molecule has 0 N–H and O–H groups in total. The number of sulfonamides is 1. The fourth-order valence-corrected chi connectivity index (χ4v) is 5.33. The van der Waals surface area contributed by atoms with Crippen LogP contribution in [-0.2, 0) is 29.6 Å². The van der Waals surface area contributed by atoms with Crippen LogP contribution in [0.3, 0.4) is 0 Å². The van der Waals surface area contributed by atoms with Crippen molar-refractivity contribution in [2.24, 2.45) is 0 Å². The zero-order valence-electron chi connectivity index (χ0n) is 14.2. The molecule has 0 aliphatic carbocycles. The lowest BCUT2D eigenvalue weighted by Crippen LogP contribution is -2.35. The lowest BCUT2D eigenvalue weighted by atomic mass is 10.1. The summed E-state index contributed by atoms with van der Waals surface area (Å²) in [6.07, 6.45) is 0.782. The summed E-state index contributed by atoms with van der Waals surface area (Å²) in [4.78, 5) is 1.60. The summed E-state index contributed by atoms with van der Waals surface area (Å²) in [6, 6.07) is 18.6. The molecule has 1 aliphatic rings. The van der Waals surface area contributed by atoms with E-state index >= 15 is 0 Å². The fourth-order valence-electron chi connectivity index (χ4n) is 3.03. The molecule has 1 aliphatic heterocycles. The molecule has 0 amide bonds. The van der Waals surface area contributed by atoms with Crippen LogP contribution in [0.2, 0.25) is 0 Å². The molecule has 1 aromatic heterocycles. The van der Waals surface area contributed by atoms with Gasteiger partial charge in [0.1, 0.15) is 12.4 Å². The zero-order valence-corrected chi connectivity index (χ0v) is 15.8. The van der Waals surface area contributed by atoms with Gasteiger partial charge in [0.2, 0.25) is 10.0 Å². The smallest absolute Gasteiger partial charge is 0.243 e. The molecular formula is C20H19NO3S2. The first-order valence-electron chi connectivity index (χ1n) is 8.45. The van der Waals surface area contributed by atoms with Crippen molar-refractivity contribution in [2.45, 2.75) is 24.5 Å². The van der Waals surface area contributed by atoms with Gasteiger partial charge >= 0.3 is 0 Å². The first-order valence-corrected chi connectivity index (χ1v) is 10.8. The molecule has 0 atom stereocenters. The van der Waals surface area contributed by atoms with Crippen molar-refractivity contribution < 1.29 is 13.2 Å². The molecule has 0 saturated carbocycles. The average molecular weight is 386 g/mol. The molecule has 6 heteroatoms. The van der Waals surface area contributed by atoms with E-state index in [-0.39, 0.29) is 0 Å². The summed E-state index contributed by atoms with van der Waals surface area (Å²) >= 11 is 1.70. The molecule has 134 valence electrons. The van der Waals surface area contributed by atoms with E-state index in [0.29, 0.717) is 30.3 Å². The molecule has 0 saturated heterocycles. The second-order valence-electron chi connectivity index (χ2n) is 6.20. The van der Waals surface area contributed by atoms with Gasteiger partial charge in [0.15, 0.2) is 0 Å². The maximum atomic E-state index is 12.9. The van der Waals surface area contributed by atoms with Crippen LogP contribution >= 0.6 is 11.3 Å². The molecule has 0 fully saturated rings. The third kappa shape index (κ3) is 3.53. The highest BCUT2D eigenvalue weighted by Crippen LogP contribution is 2.28. The van der Waals surface area contributed by atoms with E-state index in [4.69, 9.17) is 4.74 Å². The number of rotatable bonds is 5. The van der Waals surface area contributed by atoms with Crippen LogP contribution in [0.1, 0.15) is 16.0 Å². The van der Waals surface area contributed by atoms with Crippen molar-refractivity contribution in [3.8, 4) is 5.75 Å². The van der Waals surface area contributed by atoms with Gasteiger partial charge in [-0.15, -0.1) is 11.3 Å². The van der Waals surface area contributed by atoms with Crippen LogP contribution in [-0.4, -0.2) is 19.3 Å². The first kappa shape index (κ1) is 17.3. The fraction of sp³-hybridized carbons (Fsp3) is 0.200. The van der Waals surface area contributed by atoms with E-state index in [1.54, 1.807) is 39.9 Å². The Labute approximate surface area is 157 Å². The standard InChI is InChI=1S/C20H19NO3S2/c22-26(23,21-12-10-20-17(14-21)11-13-25-20)19-8-6-18(7-9-19)24-15-16-4-2-1-3-5-16/h1-9,11,13H,10,12,14-15H2. The third-order valence-corrected chi connectivity index (χ3v) is 7.36. The molecule has 0 bridgehead atoms. The van der Waals surface area contributed by atoms with E-state index < -0.39 is 10.0 Å². The van der Waals surface area contributed by atoms with E-state index in [1.165, 1.54) is 4.88 Å².